The normalized spacial score (nSPS) is 24.6. The van der Waals surface area contributed by atoms with Crippen molar-refractivity contribution in [1.29, 1.82) is 0 Å². The second-order valence-corrected chi connectivity index (χ2v) is 9.95. The summed E-state index contributed by atoms with van der Waals surface area (Å²) in [6.45, 7) is 12.7. The zero-order chi connectivity index (χ0) is 19.2. The van der Waals surface area contributed by atoms with Gasteiger partial charge < -0.3 is 15.4 Å². The fourth-order valence-electron chi connectivity index (χ4n) is 4.72. The maximum absolute atomic E-state index is 5.50. The molecule has 8 heteroatoms. The summed E-state index contributed by atoms with van der Waals surface area (Å²) in [5.41, 5.74) is 0.425. The van der Waals surface area contributed by atoms with E-state index in [1.807, 2.05) is 7.05 Å². The minimum absolute atomic E-state index is 0. The van der Waals surface area contributed by atoms with Crippen LogP contribution in [0.25, 0.3) is 0 Å². The van der Waals surface area contributed by atoms with Crippen molar-refractivity contribution in [2.24, 2.45) is 4.99 Å². The number of morpholine rings is 1. The number of ether oxygens (including phenoxy) is 1. The van der Waals surface area contributed by atoms with E-state index in [0.717, 1.165) is 45.4 Å². The average Bonchev–Trinajstić information content (AvgIpc) is 3.20. The quantitative estimate of drug-likeness (QED) is 0.315. The molecule has 3 rings (SSSR count). The zero-order valence-electron chi connectivity index (χ0n) is 18.0. The van der Waals surface area contributed by atoms with Crippen molar-refractivity contribution in [2.45, 2.75) is 50.6 Å². The van der Waals surface area contributed by atoms with Gasteiger partial charge in [-0.15, -0.1) is 24.0 Å². The second kappa shape index (κ2) is 11.6. The first kappa shape index (κ1) is 24.5. The zero-order valence-corrected chi connectivity index (χ0v) is 21.1. The fraction of sp³-hybridized carbons (Fsp3) is 0.950. The Morgan fingerprint density at radius 2 is 1.71 bits per heavy atom. The molecule has 164 valence electrons. The monoisotopic (exact) mass is 525 g/mol. The molecule has 1 saturated carbocycles. The summed E-state index contributed by atoms with van der Waals surface area (Å²) in [5.74, 6) is 3.50. The third-order valence-electron chi connectivity index (χ3n) is 6.58. The van der Waals surface area contributed by atoms with Gasteiger partial charge in [-0.25, -0.2) is 0 Å². The van der Waals surface area contributed by atoms with Crippen molar-refractivity contribution in [3.05, 3.63) is 0 Å². The summed E-state index contributed by atoms with van der Waals surface area (Å²) in [6, 6.07) is 0. The molecular weight excluding hydrogens is 485 g/mol. The Labute approximate surface area is 193 Å². The van der Waals surface area contributed by atoms with E-state index in [1.165, 1.54) is 50.3 Å². The smallest absolute Gasteiger partial charge is 0.191 e. The molecule has 1 aliphatic carbocycles. The summed E-state index contributed by atoms with van der Waals surface area (Å²) in [6.07, 6.45) is 5.37. The van der Waals surface area contributed by atoms with E-state index in [-0.39, 0.29) is 29.5 Å². The molecule has 3 aliphatic rings. The molecule has 0 amide bonds. The maximum atomic E-state index is 5.50. The molecule has 2 saturated heterocycles. The highest BCUT2D eigenvalue weighted by Gasteiger charge is 2.40. The Morgan fingerprint density at radius 1 is 1.07 bits per heavy atom. The first-order chi connectivity index (χ1) is 13.1. The summed E-state index contributed by atoms with van der Waals surface area (Å²) in [4.78, 5) is 9.77. The first-order valence-corrected chi connectivity index (χ1v) is 11.8. The maximum Gasteiger partial charge on any atom is 0.191 e. The summed E-state index contributed by atoms with van der Waals surface area (Å²) < 4.78 is 5.50. The molecule has 0 aromatic heterocycles. The third-order valence-corrected chi connectivity index (χ3v) is 7.52. The van der Waals surface area contributed by atoms with Gasteiger partial charge in [-0.2, -0.15) is 11.8 Å². The Hall–Kier alpha value is 0.230. The van der Waals surface area contributed by atoms with Crippen LogP contribution in [0, 0.1) is 0 Å². The van der Waals surface area contributed by atoms with Crippen LogP contribution >= 0.6 is 35.7 Å². The lowest BCUT2D eigenvalue weighted by Crippen LogP contribution is -2.59. The first-order valence-electron chi connectivity index (χ1n) is 10.7. The SMILES string of the molecule is CN=C(NCC(C)(C)N1CCOCC1)NCC1(N2CCSCC2)CCCC1.I. The van der Waals surface area contributed by atoms with Crippen LogP contribution in [0.4, 0.5) is 0 Å². The predicted octanol–water partition coefficient (Wildman–Crippen LogP) is 2.24. The molecule has 3 fully saturated rings. The summed E-state index contributed by atoms with van der Waals surface area (Å²) >= 11 is 2.10. The van der Waals surface area contributed by atoms with Crippen molar-refractivity contribution >= 4 is 41.7 Å². The van der Waals surface area contributed by atoms with Crippen LogP contribution in [0.15, 0.2) is 4.99 Å². The van der Waals surface area contributed by atoms with Gasteiger partial charge in [0.2, 0.25) is 0 Å². The number of hydrogen-bond donors (Lipinski definition) is 2. The minimum Gasteiger partial charge on any atom is -0.379 e. The van der Waals surface area contributed by atoms with E-state index >= 15 is 0 Å². The van der Waals surface area contributed by atoms with Crippen molar-refractivity contribution in [1.82, 2.24) is 20.4 Å². The van der Waals surface area contributed by atoms with Crippen LogP contribution in [0.1, 0.15) is 39.5 Å². The van der Waals surface area contributed by atoms with Gasteiger partial charge in [0, 0.05) is 68.9 Å². The Balaban J connectivity index is 0.00000280. The molecule has 0 bridgehead atoms. The lowest BCUT2D eigenvalue weighted by atomic mass is 9.94. The van der Waals surface area contributed by atoms with E-state index in [1.54, 1.807) is 0 Å². The van der Waals surface area contributed by atoms with Gasteiger partial charge in [0.15, 0.2) is 5.96 Å². The van der Waals surface area contributed by atoms with Gasteiger partial charge in [-0.3, -0.25) is 14.8 Å². The van der Waals surface area contributed by atoms with E-state index in [9.17, 15) is 0 Å². The lowest BCUT2D eigenvalue weighted by Gasteiger charge is -2.44. The Kier molecular flexibility index (Phi) is 10.1. The number of rotatable bonds is 6. The Bertz CT molecular complexity index is 487. The molecule has 0 spiro atoms. The van der Waals surface area contributed by atoms with E-state index in [4.69, 9.17) is 4.74 Å². The van der Waals surface area contributed by atoms with Gasteiger partial charge in [0.25, 0.3) is 0 Å². The predicted molar refractivity (Wildman–Crippen MR) is 131 cm³/mol. The molecule has 2 heterocycles. The molecular formula is C20H40IN5OS. The second-order valence-electron chi connectivity index (χ2n) is 8.72. The van der Waals surface area contributed by atoms with Gasteiger partial charge in [-0.05, 0) is 26.7 Å². The number of nitrogens with one attached hydrogen (secondary N) is 2. The third kappa shape index (κ3) is 6.36. The molecule has 0 radical (unpaired) electrons. The highest BCUT2D eigenvalue weighted by molar-refractivity contribution is 14.0. The van der Waals surface area contributed by atoms with E-state index in [0.29, 0.717) is 5.54 Å². The topological polar surface area (TPSA) is 52.1 Å². The molecule has 6 nitrogen and oxygen atoms in total. The number of aliphatic imine (C=N–C) groups is 1. The van der Waals surface area contributed by atoms with Crippen LogP contribution in [-0.2, 0) is 4.74 Å². The number of guanidine groups is 1. The molecule has 0 aromatic carbocycles. The Morgan fingerprint density at radius 3 is 2.32 bits per heavy atom. The van der Waals surface area contributed by atoms with Crippen LogP contribution in [0.2, 0.25) is 0 Å². The lowest BCUT2D eigenvalue weighted by molar-refractivity contribution is -0.00836. The minimum atomic E-state index is 0. The highest BCUT2D eigenvalue weighted by atomic mass is 127. The van der Waals surface area contributed by atoms with Crippen molar-refractivity contribution < 1.29 is 4.74 Å². The fourth-order valence-corrected chi connectivity index (χ4v) is 5.63. The summed E-state index contributed by atoms with van der Waals surface area (Å²) in [7, 11) is 1.88. The summed E-state index contributed by atoms with van der Waals surface area (Å²) in [5, 5.41) is 7.26. The molecule has 0 aromatic rings. The average molecular weight is 526 g/mol. The molecule has 2 aliphatic heterocycles. The molecule has 0 atom stereocenters. The van der Waals surface area contributed by atoms with Crippen LogP contribution in [0.3, 0.4) is 0 Å². The molecule has 0 unspecified atom stereocenters. The van der Waals surface area contributed by atoms with Crippen LogP contribution in [0.5, 0.6) is 0 Å². The van der Waals surface area contributed by atoms with Gasteiger partial charge >= 0.3 is 0 Å². The number of nitrogens with zero attached hydrogens (tertiary/aromatic N) is 3. The van der Waals surface area contributed by atoms with Crippen molar-refractivity contribution in [2.75, 3.05) is 71.0 Å². The van der Waals surface area contributed by atoms with Gasteiger partial charge in [0.1, 0.15) is 0 Å². The van der Waals surface area contributed by atoms with Gasteiger partial charge in [0.05, 0.1) is 13.2 Å². The van der Waals surface area contributed by atoms with E-state index < -0.39 is 0 Å². The van der Waals surface area contributed by atoms with Crippen molar-refractivity contribution in [3.63, 3.8) is 0 Å². The molecule has 28 heavy (non-hydrogen) atoms. The highest BCUT2D eigenvalue weighted by Crippen LogP contribution is 2.36. The van der Waals surface area contributed by atoms with Gasteiger partial charge in [-0.1, -0.05) is 12.8 Å². The van der Waals surface area contributed by atoms with E-state index in [2.05, 4.69) is 51.0 Å². The van der Waals surface area contributed by atoms with Crippen LogP contribution in [-0.4, -0.2) is 97.9 Å². The van der Waals surface area contributed by atoms with Crippen LogP contribution < -0.4 is 10.6 Å². The largest absolute Gasteiger partial charge is 0.379 e. The number of halogens is 1. The number of thioether (sulfide) groups is 1. The van der Waals surface area contributed by atoms with Crippen molar-refractivity contribution in [3.8, 4) is 0 Å². The molecule has 2 N–H and O–H groups in total. The standard InChI is InChI=1S/C20H39N5OS.HI/c1-19(2,24-8-12-26-13-9-24)16-22-18(21-3)23-17-20(6-4-5-7-20)25-10-14-27-15-11-25;/h4-17H2,1-3H3,(H2,21,22,23);1H. The number of hydrogen-bond acceptors (Lipinski definition) is 5.